The first-order valence-electron chi connectivity index (χ1n) is 16.1. The second kappa shape index (κ2) is 10.5. The van der Waals surface area contributed by atoms with Gasteiger partial charge in [0.15, 0.2) is 25.1 Å². The molecule has 1 atom stereocenters. The molecular formula is C43H34N3+3. The van der Waals surface area contributed by atoms with Crippen LogP contribution >= 0.6 is 0 Å². The predicted octanol–water partition coefficient (Wildman–Crippen LogP) is 7.69. The molecular weight excluding hydrogens is 558 g/mol. The first-order valence-corrected chi connectivity index (χ1v) is 16.1. The van der Waals surface area contributed by atoms with Crippen LogP contribution in [-0.2, 0) is 18.6 Å². The summed E-state index contributed by atoms with van der Waals surface area (Å²) in [4.78, 5) is 0. The van der Waals surface area contributed by atoms with Gasteiger partial charge in [-0.15, -0.1) is 9.13 Å². The van der Waals surface area contributed by atoms with Crippen LogP contribution in [0.3, 0.4) is 0 Å². The Hall–Kier alpha value is -5.67. The van der Waals surface area contributed by atoms with Crippen LogP contribution in [-0.4, -0.2) is 0 Å². The molecule has 1 unspecified atom stereocenters. The number of pyridine rings is 3. The number of nitrogens with zero attached hydrogens (tertiary/aromatic N) is 3. The maximum absolute atomic E-state index is 2.58. The van der Waals surface area contributed by atoms with Crippen molar-refractivity contribution in [2.45, 2.75) is 25.6 Å². The molecule has 3 aromatic heterocycles. The van der Waals surface area contributed by atoms with Gasteiger partial charge in [0.2, 0.25) is 17.1 Å². The minimum atomic E-state index is -0.576. The molecule has 3 heteroatoms. The van der Waals surface area contributed by atoms with Crippen molar-refractivity contribution in [3.63, 3.8) is 0 Å². The van der Waals surface area contributed by atoms with Crippen molar-refractivity contribution in [3.8, 4) is 44.9 Å². The van der Waals surface area contributed by atoms with Gasteiger partial charge in [-0.2, -0.15) is 4.57 Å². The normalized spacial score (nSPS) is 15.8. The van der Waals surface area contributed by atoms with Crippen molar-refractivity contribution in [1.29, 1.82) is 0 Å². The molecule has 46 heavy (non-hydrogen) atoms. The van der Waals surface area contributed by atoms with E-state index in [1.807, 2.05) is 0 Å². The minimum Gasteiger partial charge on any atom is -0.194 e. The van der Waals surface area contributed by atoms with Crippen LogP contribution in [0.15, 0.2) is 164 Å². The molecule has 0 saturated heterocycles. The Labute approximate surface area is 270 Å². The highest BCUT2D eigenvalue weighted by molar-refractivity contribution is 5.72. The van der Waals surface area contributed by atoms with Gasteiger partial charge in [-0.05, 0) is 60.0 Å². The standard InChI is InChI=1S/C43H34N3/c1-31-27-42-37-21-9-10-22-39(37)43(46(42)30-38(31)32-15-3-2-4-16-32)28-33-17-5-7-19-35(33)40-23-11-13-25-44(40)29-34-18-6-8-20-36(34)41-24-12-14-26-45(41)43/h2-27,30H,28-29H2,1H3/q+3. The third-order valence-electron chi connectivity index (χ3n) is 9.98. The fourth-order valence-corrected chi connectivity index (χ4v) is 7.91. The molecule has 3 nitrogen and oxygen atoms in total. The van der Waals surface area contributed by atoms with E-state index in [4.69, 9.17) is 0 Å². The van der Waals surface area contributed by atoms with Crippen molar-refractivity contribution in [2.24, 2.45) is 0 Å². The van der Waals surface area contributed by atoms with Gasteiger partial charge in [0.05, 0.1) is 11.1 Å². The van der Waals surface area contributed by atoms with Gasteiger partial charge >= 0.3 is 5.66 Å². The van der Waals surface area contributed by atoms with E-state index in [0.29, 0.717) is 0 Å². The van der Waals surface area contributed by atoms with Crippen LogP contribution in [0.2, 0.25) is 0 Å². The fraction of sp³-hybridized carbons (Fsp3) is 0.0930. The van der Waals surface area contributed by atoms with E-state index < -0.39 is 5.66 Å². The fourth-order valence-electron chi connectivity index (χ4n) is 7.91. The molecule has 9 rings (SSSR count). The summed E-state index contributed by atoms with van der Waals surface area (Å²) in [6.45, 7) is 3.02. The lowest BCUT2D eigenvalue weighted by molar-refractivity contribution is -0.970. The first kappa shape index (κ1) is 26.7. The Balaban J connectivity index is 1.45. The molecule has 0 fully saturated rings. The molecule has 7 aromatic rings. The number of fused-ring (bicyclic) bond motifs is 12. The van der Waals surface area contributed by atoms with Gasteiger partial charge in [-0.3, -0.25) is 0 Å². The third-order valence-corrected chi connectivity index (χ3v) is 9.98. The molecule has 0 radical (unpaired) electrons. The molecule has 0 bridgehead atoms. The van der Waals surface area contributed by atoms with Crippen LogP contribution in [0.5, 0.6) is 0 Å². The summed E-state index contributed by atoms with van der Waals surface area (Å²) in [5.74, 6) is 0. The Kier molecular flexibility index (Phi) is 6.07. The monoisotopic (exact) mass is 592 g/mol. The van der Waals surface area contributed by atoms with Crippen molar-refractivity contribution in [2.75, 3.05) is 0 Å². The maximum Gasteiger partial charge on any atom is 0.393 e. The second-order valence-electron chi connectivity index (χ2n) is 12.5. The van der Waals surface area contributed by atoms with Crippen molar-refractivity contribution < 1.29 is 13.7 Å². The number of rotatable bonds is 1. The Morgan fingerprint density at radius 1 is 0.500 bits per heavy atom. The van der Waals surface area contributed by atoms with E-state index in [1.165, 1.54) is 67.2 Å². The maximum atomic E-state index is 2.58. The summed E-state index contributed by atoms with van der Waals surface area (Å²) in [7, 11) is 0. The largest absolute Gasteiger partial charge is 0.393 e. The lowest BCUT2D eigenvalue weighted by Crippen LogP contribution is -2.74. The van der Waals surface area contributed by atoms with Gasteiger partial charge < -0.3 is 0 Å². The van der Waals surface area contributed by atoms with Gasteiger partial charge in [0.1, 0.15) is 12.0 Å². The summed E-state index contributed by atoms with van der Waals surface area (Å²) < 4.78 is 7.54. The van der Waals surface area contributed by atoms with Gasteiger partial charge in [-0.25, -0.2) is 0 Å². The van der Waals surface area contributed by atoms with Crippen LogP contribution < -0.4 is 13.7 Å². The van der Waals surface area contributed by atoms with E-state index in [9.17, 15) is 0 Å². The van der Waals surface area contributed by atoms with E-state index >= 15 is 0 Å². The number of aryl methyl sites for hydroxylation is 1. The molecule has 0 amide bonds. The van der Waals surface area contributed by atoms with Crippen LogP contribution in [0, 0.1) is 6.92 Å². The lowest BCUT2D eigenvalue weighted by Gasteiger charge is -2.24. The van der Waals surface area contributed by atoms with Crippen molar-refractivity contribution in [1.82, 2.24) is 0 Å². The zero-order valence-electron chi connectivity index (χ0n) is 25.8. The topological polar surface area (TPSA) is 11.6 Å². The zero-order chi connectivity index (χ0) is 30.7. The molecule has 0 N–H and O–H groups in total. The van der Waals surface area contributed by atoms with E-state index in [0.717, 1.165) is 13.0 Å². The summed E-state index contributed by atoms with van der Waals surface area (Å²) in [5, 5.41) is 0. The molecule has 0 saturated carbocycles. The summed E-state index contributed by atoms with van der Waals surface area (Å²) in [6.07, 6.45) is 7.71. The van der Waals surface area contributed by atoms with Crippen molar-refractivity contribution in [3.05, 3.63) is 186 Å². The highest BCUT2D eigenvalue weighted by Gasteiger charge is 2.61. The number of hydrogen-bond acceptors (Lipinski definition) is 0. The quantitative estimate of drug-likeness (QED) is 0.173. The average Bonchev–Trinajstić information content (AvgIpc) is 3.37. The second-order valence-corrected chi connectivity index (χ2v) is 12.5. The van der Waals surface area contributed by atoms with E-state index in [1.54, 1.807) is 0 Å². The van der Waals surface area contributed by atoms with Crippen molar-refractivity contribution >= 4 is 0 Å². The zero-order valence-corrected chi connectivity index (χ0v) is 25.8. The number of benzene rings is 4. The van der Waals surface area contributed by atoms with Gasteiger partial charge in [0, 0.05) is 47.0 Å². The molecule has 0 aliphatic carbocycles. The molecule has 218 valence electrons. The third kappa shape index (κ3) is 3.95. The molecule has 2 aliphatic rings. The Bertz CT molecular complexity index is 2290. The Morgan fingerprint density at radius 2 is 1.13 bits per heavy atom. The molecule has 4 aromatic carbocycles. The van der Waals surface area contributed by atoms with Gasteiger partial charge in [-0.1, -0.05) is 78.9 Å². The average molecular weight is 593 g/mol. The highest BCUT2D eigenvalue weighted by Crippen LogP contribution is 2.42. The van der Waals surface area contributed by atoms with Crippen LogP contribution in [0.1, 0.15) is 22.3 Å². The SMILES string of the molecule is Cc1cc2[n+](cc1-c1ccccc1)C1(Cc3ccccc3-c3cccc[n+]3Cc3ccccc3-c3cccc[n+]31)c1ccccc1-2. The summed E-state index contributed by atoms with van der Waals surface area (Å²) in [5.41, 5.74) is 14.6. The smallest absolute Gasteiger partial charge is 0.194 e. The number of hydrogen-bond donors (Lipinski definition) is 0. The Morgan fingerprint density at radius 3 is 1.96 bits per heavy atom. The predicted molar refractivity (Wildman–Crippen MR) is 182 cm³/mol. The summed E-state index contributed by atoms with van der Waals surface area (Å²) >= 11 is 0. The minimum absolute atomic E-state index is 0.576. The van der Waals surface area contributed by atoms with E-state index in [2.05, 4.69) is 185 Å². The molecule has 2 aliphatic heterocycles. The molecule has 5 heterocycles. The highest BCUT2D eigenvalue weighted by atomic mass is 15.3. The number of aromatic nitrogens is 3. The van der Waals surface area contributed by atoms with E-state index in [-0.39, 0.29) is 0 Å². The van der Waals surface area contributed by atoms with Crippen LogP contribution in [0.25, 0.3) is 44.9 Å². The summed E-state index contributed by atoms with van der Waals surface area (Å²) in [6, 6.07) is 53.4. The van der Waals surface area contributed by atoms with Crippen LogP contribution in [0.4, 0.5) is 0 Å². The van der Waals surface area contributed by atoms with Gasteiger partial charge in [0.25, 0.3) is 0 Å². The molecule has 1 spiro atoms. The lowest BCUT2D eigenvalue weighted by atomic mass is 9.87. The first-order chi connectivity index (χ1) is 22.7.